The van der Waals surface area contributed by atoms with E-state index in [1.807, 2.05) is 12.1 Å². The topological polar surface area (TPSA) is 12.0 Å². The quantitative estimate of drug-likeness (QED) is 0.737. The van der Waals surface area contributed by atoms with E-state index in [0.29, 0.717) is 12.1 Å². The lowest BCUT2D eigenvalue weighted by molar-refractivity contribution is 0.370. The summed E-state index contributed by atoms with van der Waals surface area (Å²) in [7, 11) is 0. The maximum absolute atomic E-state index is 6.02. The van der Waals surface area contributed by atoms with Gasteiger partial charge in [0.05, 0.1) is 0 Å². The second-order valence-electron chi connectivity index (χ2n) is 6.84. The van der Waals surface area contributed by atoms with Gasteiger partial charge in [-0.15, -0.1) is 0 Å². The normalized spacial score (nSPS) is 28.9. The number of hydrogen-bond donors (Lipinski definition) is 1. The molecule has 2 heteroatoms. The van der Waals surface area contributed by atoms with E-state index in [4.69, 9.17) is 11.6 Å². The maximum atomic E-state index is 6.02. The van der Waals surface area contributed by atoms with Gasteiger partial charge in [-0.2, -0.15) is 0 Å². The molecule has 3 atom stereocenters. The second kappa shape index (κ2) is 6.49. The minimum atomic E-state index is 0.547. The van der Waals surface area contributed by atoms with Gasteiger partial charge in [-0.05, 0) is 61.6 Å². The predicted octanol–water partition coefficient (Wildman–Crippen LogP) is 5.35. The monoisotopic (exact) mass is 291 g/mol. The van der Waals surface area contributed by atoms with Crippen LogP contribution in [-0.4, -0.2) is 6.04 Å². The van der Waals surface area contributed by atoms with E-state index in [2.05, 4.69) is 24.4 Å². The minimum absolute atomic E-state index is 0.547. The van der Waals surface area contributed by atoms with Crippen LogP contribution in [0.3, 0.4) is 0 Å². The Labute approximate surface area is 128 Å². The molecule has 2 aliphatic rings. The SMILES string of the molecule is CC1CCCC(NC(c2ccc(Cl)cc2)C2CC2)CC1. The molecule has 1 aromatic rings. The van der Waals surface area contributed by atoms with Gasteiger partial charge in [0.1, 0.15) is 0 Å². The highest BCUT2D eigenvalue weighted by Crippen LogP contribution is 2.42. The van der Waals surface area contributed by atoms with Crippen LogP contribution in [0.5, 0.6) is 0 Å². The highest BCUT2D eigenvalue weighted by Gasteiger charge is 2.33. The molecular weight excluding hydrogens is 266 g/mol. The average molecular weight is 292 g/mol. The van der Waals surface area contributed by atoms with E-state index in [0.717, 1.165) is 16.9 Å². The molecule has 0 amide bonds. The molecule has 1 nitrogen and oxygen atoms in total. The summed E-state index contributed by atoms with van der Waals surface area (Å²) in [4.78, 5) is 0. The zero-order valence-corrected chi connectivity index (χ0v) is 13.2. The Bertz CT molecular complexity index is 424. The van der Waals surface area contributed by atoms with E-state index in [1.54, 1.807) is 0 Å². The standard InChI is InChI=1S/C18H26ClN/c1-13-3-2-4-17(12-5-13)20-18(14-6-7-14)15-8-10-16(19)11-9-15/h8-11,13-14,17-18,20H,2-7,12H2,1H3. The van der Waals surface area contributed by atoms with E-state index < -0.39 is 0 Å². The van der Waals surface area contributed by atoms with Gasteiger partial charge < -0.3 is 5.32 Å². The highest BCUT2D eigenvalue weighted by molar-refractivity contribution is 6.30. The molecular formula is C18H26ClN. The third-order valence-corrected chi connectivity index (χ3v) is 5.25. The zero-order chi connectivity index (χ0) is 13.9. The Morgan fingerprint density at radius 3 is 2.45 bits per heavy atom. The van der Waals surface area contributed by atoms with Gasteiger partial charge in [0.25, 0.3) is 0 Å². The minimum Gasteiger partial charge on any atom is -0.307 e. The van der Waals surface area contributed by atoms with Crippen molar-refractivity contribution in [3.05, 3.63) is 34.9 Å². The molecule has 2 aliphatic carbocycles. The van der Waals surface area contributed by atoms with Crippen molar-refractivity contribution >= 4 is 11.6 Å². The Morgan fingerprint density at radius 1 is 1.00 bits per heavy atom. The average Bonchev–Trinajstić information content (AvgIpc) is 3.26. The smallest absolute Gasteiger partial charge is 0.0406 e. The van der Waals surface area contributed by atoms with Gasteiger partial charge in [0, 0.05) is 17.1 Å². The molecule has 0 radical (unpaired) electrons. The van der Waals surface area contributed by atoms with Crippen LogP contribution in [0.2, 0.25) is 5.02 Å². The summed E-state index contributed by atoms with van der Waals surface area (Å²) in [6.07, 6.45) is 9.63. The third kappa shape index (κ3) is 3.77. The molecule has 1 N–H and O–H groups in total. The van der Waals surface area contributed by atoms with Crippen LogP contribution >= 0.6 is 11.6 Å². The predicted molar refractivity (Wildman–Crippen MR) is 86.1 cm³/mol. The number of halogens is 1. The van der Waals surface area contributed by atoms with Crippen molar-refractivity contribution in [2.45, 2.75) is 64.0 Å². The first-order valence-corrected chi connectivity index (χ1v) is 8.61. The van der Waals surface area contributed by atoms with Crippen LogP contribution in [0.25, 0.3) is 0 Å². The third-order valence-electron chi connectivity index (χ3n) is 5.00. The molecule has 110 valence electrons. The molecule has 20 heavy (non-hydrogen) atoms. The molecule has 2 saturated carbocycles. The van der Waals surface area contributed by atoms with Crippen molar-refractivity contribution < 1.29 is 0 Å². The Kier molecular flexibility index (Phi) is 4.68. The van der Waals surface area contributed by atoms with Gasteiger partial charge in [-0.25, -0.2) is 0 Å². The molecule has 0 bridgehead atoms. The summed E-state index contributed by atoms with van der Waals surface area (Å²) in [6.45, 7) is 2.40. The van der Waals surface area contributed by atoms with Crippen molar-refractivity contribution in [3.63, 3.8) is 0 Å². The van der Waals surface area contributed by atoms with Crippen LogP contribution < -0.4 is 5.32 Å². The summed E-state index contributed by atoms with van der Waals surface area (Å²) in [5, 5.41) is 4.81. The lowest BCUT2D eigenvalue weighted by Gasteiger charge is -2.25. The van der Waals surface area contributed by atoms with E-state index in [-0.39, 0.29) is 0 Å². The molecule has 0 saturated heterocycles. The van der Waals surface area contributed by atoms with Crippen molar-refractivity contribution in [1.82, 2.24) is 5.32 Å². The van der Waals surface area contributed by atoms with Crippen molar-refractivity contribution in [2.75, 3.05) is 0 Å². The molecule has 0 heterocycles. The molecule has 3 rings (SSSR count). The number of hydrogen-bond acceptors (Lipinski definition) is 1. The van der Waals surface area contributed by atoms with E-state index >= 15 is 0 Å². The Balaban J connectivity index is 1.66. The molecule has 3 unspecified atom stereocenters. The van der Waals surface area contributed by atoms with Gasteiger partial charge in [-0.1, -0.05) is 43.5 Å². The Morgan fingerprint density at radius 2 is 1.75 bits per heavy atom. The van der Waals surface area contributed by atoms with Crippen LogP contribution in [-0.2, 0) is 0 Å². The summed E-state index contributed by atoms with van der Waals surface area (Å²) in [6, 6.07) is 9.73. The molecule has 0 aromatic heterocycles. The Hall–Kier alpha value is -0.530. The summed E-state index contributed by atoms with van der Waals surface area (Å²) >= 11 is 6.02. The van der Waals surface area contributed by atoms with Crippen LogP contribution in [0.4, 0.5) is 0 Å². The van der Waals surface area contributed by atoms with Gasteiger partial charge in [0.2, 0.25) is 0 Å². The van der Waals surface area contributed by atoms with Crippen molar-refractivity contribution in [2.24, 2.45) is 11.8 Å². The molecule has 2 fully saturated rings. The molecule has 0 aliphatic heterocycles. The lowest BCUT2D eigenvalue weighted by atomic mass is 9.99. The fourth-order valence-electron chi connectivity index (χ4n) is 3.51. The fourth-order valence-corrected chi connectivity index (χ4v) is 3.64. The number of rotatable bonds is 4. The van der Waals surface area contributed by atoms with E-state index in [9.17, 15) is 0 Å². The summed E-state index contributed by atoms with van der Waals surface area (Å²) in [5.74, 6) is 1.76. The summed E-state index contributed by atoms with van der Waals surface area (Å²) < 4.78 is 0. The van der Waals surface area contributed by atoms with Crippen molar-refractivity contribution in [1.29, 1.82) is 0 Å². The van der Waals surface area contributed by atoms with Gasteiger partial charge in [-0.3, -0.25) is 0 Å². The first-order valence-electron chi connectivity index (χ1n) is 8.24. The molecule has 1 aromatic carbocycles. The maximum Gasteiger partial charge on any atom is 0.0406 e. The second-order valence-corrected chi connectivity index (χ2v) is 7.28. The lowest BCUT2D eigenvalue weighted by Crippen LogP contribution is -2.33. The highest BCUT2D eigenvalue weighted by atomic mass is 35.5. The first kappa shape index (κ1) is 14.4. The fraction of sp³-hybridized carbons (Fsp3) is 0.667. The molecule has 0 spiro atoms. The van der Waals surface area contributed by atoms with Crippen LogP contribution in [0, 0.1) is 11.8 Å². The van der Waals surface area contributed by atoms with E-state index in [1.165, 1.54) is 50.5 Å². The van der Waals surface area contributed by atoms with Gasteiger partial charge >= 0.3 is 0 Å². The zero-order valence-electron chi connectivity index (χ0n) is 12.4. The largest absolute Gasteiger partial charge is 0.307 e. The van der Waals surface area contributed by atoms with Crippen LogP contribution in [0.1, 0.15) is 63.5 Å². The number of nitrogens with one attached hydrogen (secondary N) is 1. The van der Waals surface area contributed by atoms with Crippen LogP contribution in [0.15, 0.2) is 24.3 Å². The summed E-state index contributed by atoms with van der Waals surface area (Å²) in [5.41, 5.74) is 1.43. The first-order chi connectivity index (χ1) is 9.72. The number of benzene rings is 1. The van der Waals surface area contributed by atoms with Gasteiger partial charge in [0.15, 0.2) is 0 Å². The van der Waals surface area contributed by atoms with Crippen molar-refractivity contribution in [3.8, 4) is 0 Å².